The van der Waals surface area contributed by atoms with E-state index in [2.05, 4.69) is 4.98 Å². The van der Waals surface area contributed by atoms with Crippen LogP contribution in [0.1, 0.15) is 5.56 Å². The molecule has 2 aromatic rings. The second-order valence-corrected chi connectivity index (χ2v) is 4.58. The van der Waals surface area contributed by atoms with Crippen molar-refractivity contribution in [3.8, 4) is 5.75 Å². The van der Waals surface area contributed by atoms with Gasteiger partial charge in [-0.3, -0.25) is 4.98 Å². The van der Waals surface area contributed by atoms with Crippen LogP contribution >= 0.6 is 11.8 Å². The average Bonchev–Trinajstić information content (AvgIpc) is 2.39. The number of aromatic nitrogens is 1. The summed E-state index contributed by atoms with van der Waals surface area (Å²) in [7, 11) is 1.67. The van der Waals surface area contributed by atoms with Gasteiger partial charge in [0.2, 0.25) is 0 Å². The molecule has 1 heterocycles. The molecule has 3 nitrogen and oxygen atoms in total. The van der Waals surface area contributed by atoms with E-state index in [-0.39, 0.29) is 0 Å². The summed E-state index contributed by atoms with van der Waals surface area (Å²) >= 11 is 1.65. The summed E-state index contributed by atoms with van der Waals surface area (Å²) in [5.74, 6) is 0.855. The molecule has 88 valence electrons. The molecular weight excluding hydrogens is 232 g/mol. The standard InChI is InChI=1S/C13H14N2OS/c1-16-11-3-2-4-12(7-11)17-13-9-15-6-5-10(13)8-14/h2-7,9H,8,14H2,1H3. The van der Waals surface area contributed by atoms with Crippen molar-refractivity contribution in [1.29, 1.82) is 0 Å². The Kier molecular flexibility index (Phi) is 4.01. The molecule has 0 saturated heterocycles. The highest BCUT2D eigenvalue weighted by Gasteiger charge is 2.03. The van der Waals surface area contributed by atoms with E-state index in [0.29, 0.717) is 6.54 Å². The van der Waals surface area contributed by atoms with Gasteiger partial charge in [-0.15, -0.1) is 0 Å². The third-order valence-corrected chi connectivity index (χ3v) is 3.44. The van der Waals surface area contributed by atoms with Crippen molar-refractivity contribution in [1.82, 2.24) is 4.98 Å². The first kappa shape index (κ1) is 12.0. The molecule has 0 unspecified atom stereocenters. The van der Waals surface area contributed by atoms with Crippen LogP contribution in [0.15, 0.2) is 52.5 Å². The highest BCUT2D eigenvalue weighted by molar-refractivity contribution is 7.99. The number of pyridine rings is 1. The minimum absolute atomic E-state index is 0.523. The maximum Gasteiger partial charge on any atom is 0.119 e. The Labute approximate surface area is 105 Å². The molecular formula is C13H14N2OS. The number of ether oxygens (including phenoxy) is 1. The monoisotopic (exact) mass is 246 g/mol. The molecule has 0 aliphatic rings. The zero-order valence-corrected chi connectivity index (χ0v) is 10.4. The molecule has 1 aromatic heterocycles. The Bertz CT molecular complexity index is 502. The average molecular weight is 246 g/mol. The van der Waals surface area contributed by atoms with E-state index in [1.807, 2.05) is 36.5 Å². The van der Waals surface area contributed by atoms with Gasteiger partial charge in [0.25, 0.3) is 0 Å². The van der Waals surface area contributed by atoms with E-state index in [1.165, 1.54) is 0 Å². The van der Waals surface area contributed by atoms with Gasteiger partial charge in [-0.25, -0.2) is 0 Å². The molecule has 0 aliphatic carbocycles. The summed E-state index contributed by atoms with van der Waals surface area (Å²) in [5, 5.41) is 0. The first-order valence-electron chi connectivity index (χ1n) is 5.28. The molecule has 4 heteroatoms. The van der Waals surface area contributed by atoms with E-state index in [0.717, 1.165) is 21.1 Å². The lowest BCUT2D eigenvalue weighted by molar-refractivity contribution is 0.413. The van der Waals surface area contributed by atoms with Crippen molar-refractivity contribution in [2.75, 3.05) is 7.11 Å². The van der Waals surface area contributed by atoms with Gasteiger partial charge < -0.3 is 10.5 Å². The van der Waals surface area contributed by atoms with Crippen LogP contribution in [0.3, 0.4) is 0 Å². The normalized spacial score (nSPS) is 10.2. The number of nitrogens with two attached hydrogens (primary N) is 1. The molecule has 2 N–H and O–H groups in total. The SMILES string of the molecule is COc1cccc(Sc2cnccc2CN)c1. The summed E-state index contributed by atoms with van der Waals surface area (Å²) in [5.41, 5.74) is 6.80. The molecule has 0 spiro atoms. The third-order valence-electron chi connectivity index (χ3n) is 2.36. The molecule has 0 atom stereocenters. The van der Waals surface area contributed by atoms with E-state index < -0.39 is 0 Å². The number of methoxy groups -OCH3 is 1. The smallest absolute Gasteiger partial charge is 0.119 e. The van der Waals surface area contributed by atoms with Crippen molar-refractivity contribution in [3.05, 3.63) is 48.3 Å². The Morgan fingerprint density at radius 1 is 1.35 bits per heavy atom. The van der Waals surface area contributed by atoms with E-state index >= 15 is 0 Å². The second-order valence-electron chi connectivity index (χ2n) is 3.47. The minimum Gasteiger partial charge on any atom is -0.497 e. The summed E-state index contributed by atoms with van der Waals surface area (Å²) in [6, 6.07) is 9.89. The molecule has 0 fully saturated rings. The third kappa shape index (κ3) is 2.99. The van der Waals surface area contributed by atoms with Crippen LogP contribution in [0.2, 0.25) is 0 Å². The molecule has 2 rings (SSSR count). The number of hydrogen-bond acceptors (Lipinski definition) is 4. The number of hydrogen-bond donors (Lipinski definition) is 1. The Hall–Kier alpha value is -1.52. The minimum atomic E-state index is 0.523. The van der Waals surface area contributed by atoms with Gasteiger partial charge in [0.05, 0.1) is 7.11 Å². The van der Waals surface area contributed by atoms with Gasteiger partial charge in [0.15, 0.2) is 0 Å². The lowest BCUT2D eigenvalue weighted by atomic mass is 10.3. The molecule has 17 heavy (non-hydrogen) atoms. The highest BCUT2D eigenvalue weighted by Crippen LogP contribution is 2.31. The van der Waals surface area contributed by atoms with Gasteiger partial charge in [-0.2, -0.15) is 0 Å². The zero-order valence-electron chi connectivity index (χ0n) is 9.59. The molecule has 0 saturated carbocycles. The fourth-order valence-electron chi connectivity index (χ4n) is 1.46. The maximum atomic E-state index is 5.69. The van der Waals surface area contributed by atoms with Crippen LogP contribution in [0.25, 0.3) is 0 Å². The van der Waals surface area contributed by atoms with Gasteiger partial charge in [0, 0.05) is 28.7 Å². The van der Waals surface area contributed by atoms with Crippen molar-refractivity contribution in [2.45, 2.75) is 16.3 Å². The Balaban J connectivity index is 2.24. The molecule has 1 aromatic carbocycles. The molecule has 0 amide bonds. The van der Waals surface area contributed by atoms with E-state index in [4.69, 9.17) is 10.5 Å². The zero-order chi connectivity index (χ0) is 12.1. The number of benzene rings is 1. The van der Waals surface area contributed by atoms with Gasteiger partial charge in [0.1, 0.15) is 5.75 Å². The van der Waals surface area contributed by atoms with Crippen LogP contribution in [-0.2, 0) is 6.54 Å². The maximum absolute atomic E-state index is 5.69. The lowest BCUT2D eigenvalue weighted by Crippen LogP contribution is -1.98. The first-order valence-corrected chi connectivity index (χ1v) is 6.10. The Morgan fingerprint density at radius 2 is 2.24 bits per heavy atom. The first-order chi connectivity index (χ1) is 8.33. The van der Waals surface area contributed by atoms with Crippen LogP contribution in [0, 0.1) is 0 Å². The Morgan fingerprint density at radius 3 is 3.00 bits per heavy atom. The summed E-state index contributed by atoms with van der Waals surface area (Å²) in [4.78, 5) is 6.33. The van der Waals surface area contributed by atoms with Gasteiger partial charge in [-0.05, 0) is 29.8 Å². The fourth-order valence-corrected chi connectivity index (χ4v) is 2.43. The topological polar surface area (TPSA) is 48.1 Å². The van der Waals surface area contributed by atoms with Crippen molar-refractivity contribution >= 4 is 11.8 Å². The number of nitrogens with zero attached hydrogens (tertiary/aromatic N) is 1. The summed E-state index contributed by atoms with van der Waals surface area (Å²) in [6.45, 7) is 0.523. The van der Waals surface area contributed by atoms with Crippen LogP contribution in [0.4, 0.5) is 0 Å². The van der Waals surface area contributed by atoms with Crippen LogP contribution < -0.4 is 10.5 Å². The predicted octanol–water partition coefficient (Wildman–Crippen LogP) is 2.70. The van der Waals surface area contributed by atoms with Crippen LogP contribution in [0.5, 0.6) is 5.75 Å². The van der Waals surface area contributed by atoms with Crippen LogP contribution in [-0.4, -0.2) is 12.1 Å². The van der Waals surface area contributed by atoms with Crippen molar-refractivity contribution < 1.29 is 4.74 Å². The van der Waals surface area contributed by atoms with Gasteiger partial charge in [-0.1, -0.05) is 17.8 Å². The van der Waals surface area contributed by atoms with Gasteiger partial charge >= 0.3 is 0 Å². The van der Waals surface area contributed by atoms with Crippen molar-refractivity contribution in [2.24, 2.45) is 5.73 Å². The number of rotatable bonds is 4. The molecule has 0 radical (unpaired) electrons. The highest BCUT2D eigenvalue weighted by atomic mass is 32.2. The van der Waals surface area contributed by atoms with E-state index in [1.54, 1.807) is 25.1 Å². The second kappa shape index (κ2) is 5.70. The quantitative estimate of drug-likeness (QED) is 0.901. The molecule has 0 bridgehead atoms. The summed E-state index contributed by atoms with van der Waals surface area (Å²) < 4.78 is 5.20. The predicted molar refractivity (Wildman–Crippen MR) is 69.2 cm³/mol. The summed E-state index contributed by atoms with van der Waals surface area (Å²) in [6.07, 6.45) is 3.60. The largest absolute Gasteiger partial charge is 0.497 e. The van der Waals surface area contributed by atoms with E-state index in [9.17, 15) is 0 Å². The van der Waals surface area contributed by atoms with Crippen molar-refractivity contribution in [3.63, 3.8) is 0 Å². The fraction of sp³-hybridized carbons (Fsp3) is 0.154. The molecule has 0 aliphatic heterocycles. The lowest BCUT2D eigenvalue weighted by Gasteiger charge is -2.07.